The number of ether oxygens (including phenoxy) is 1. The van der Waals surface area contributed by atoms with Gasteiger partial charge in [0, 0.05) is 0 Å². The zero-order chi connectivity index (χ0) is 13.9. The highest BCUT2D eigenvalue weighted by Crippen LogP contribution is 2.28. The molecule has 0 aromatic rings. The van der Waals surface area contributed by atoms with Gasteiger partial charge >= 0.3 is 0 Å². The SMILES string of the molecule is NCC(=O)N[C@@H]1O[C@H](COP(=O)([O-])[O-])[C@@H](O)[C@H]1O. The number of hydrogen-bond acceptors (Lipinski definition) is 9. The van der Waals surface area contributed by atoms with Crippen LogP contribution in [-0.2, 0) is 18.6 Å². The van der Waals surface area contributed by atoms with Crippen LogP contribution in [0.3, 0.4) is 0 Å². The van der Waals surface area contributed by atoms with Crippen molar-refractivity contribution < 1.29 is 38.6 Å². The van der Waals surface area contributed by atoms with E-state index in [9.17, 15) is 29.4 Å². The van der Waals surface area contributed by atoms with E-state index in [-0.39, 0.29) is 6.54 Å². The summed E-state index contributed by atoms with van der Waals surface area (Å²) in [6.45, 7) is -1.10. The Morgan fingerprint density at radius 2 is 2.06 bits per heavy atom. The van der Waals surface area contributed by atoms with Gasteiger partial charge in [0.15, 0.2) is 6.23 Å². The maximum Gasteiger partial charge on any atom is 0.235 e. The summed E-state index contributed by atoms with van der Waals surface area (Å²) < 4.78 is 19.1. The average Bonchev–Trinajstić information content (AvgIpc) is 2.53. The monoisotopic (exact) mass is 284 g/mol. The molecule has 0 saturated carbocycles. The van der Waals surface area contributed by atoms with Crippen molar-refractivity contribution in [1.82, 2.24) is 5.32 Å². The summed E-state index contributed by atoms with van der Waals surface area (Å²) in [7, 11) is -5.20. The second-order valence-electron chi connectivity index (χ2n) is 3.59. The van der Waals surface area contributed by atoms with Crippen molar-refractivity contribution in [1.29, 1.82) is 0 Å². The van der Waals surface area contributed by atoms with Gasteiger partial charge < -0.3 is 44.9 Å². The topological polar surface area (TPSA) is 177 Å². The molecule has 1 saturated heterocycles. The van der Waals surface area contributed by atoms with E-state index in [0.29, 0.717) is 0 Å². The highest BCUT2D eigenvalue weighted by Gasteiger charge is 2.43. The minimum atomic E-state index is -5.20. The number of amides is 1. The van der Waals surface area contributed by atoms with Gasteiger partial charge in [0.2, 0.25) is 5.91 Å². The highest BCUT2D eigenvalue weighted by atomic mass is 31.2. The van der Waals surface area contributed by atoms with E-state index in [0.717, 1.165) is 0 Å². The number of aliphatic hydroxyl groups excluding tert-OH is 2. The molecule has 1 aliphatic heterocycles. The summed E-state index contributed by atoms with van der Waals surface area (Å²) in [5.74, 6) is -0.633. The molecular formula is C7H13N2O8P-2. The maximum atomic E-state index is 11.0. The first-order valence-corrected chi connectivity index (χ1v) is 6.38. The number of nitrogens with one attached hydrogen (secondary N) is 1. The fraction of sp³-hybridized carbons (Fsp3) is 0.857. The summed E-state index contributed by atoms with van der Waals surface area (Å²) in [5.41, 5.74) is 5.02. The van der Waals surface area contributed by atoms with E-state index in [1.807, 2.05) is 0 Å². The minimum Gasteiger partial charge on any atom is -0.790 e. The van der Waals surface area contributed by atoms with Crippen molar-refractivity contribution in [3.05, 3.63) is 0 Å². The summed E-state index contributed by atoms with van der Waals surface area (Å²) in [6.07, 6.45) is -5.48. The minimum absolute atomic E-state index is 0.347. The molecule has 0 aliphatic carbocycles. The van der Waals surface area contributed by atoms with E-state index >= 15 is 0 Å². The van der Waals surface area contributed by atoms with Gasteiger partial charge in [-0.15, -0.1) is 0 Å². The normalized spacial score (nSPS) is 32.5. The number of rotatable bonds is 5. The van der Waals surface area contributed by atoms with Gasteiger partial charge in [-0.2, -0.15) is 0 Å². The van der Waals surface area contributed by atoms with Gasteiger partial charge in [-0.05, 0) is 0 Å². The molecule has 1 aliphatic rings. The summed E-state index contributed by atoms with van der Waals surface area (Å²) in [6, 6.07) is 0. The lowest BCUT2D eigenvalue weighted by Gasteiger charge is -2.30. The van der Waals surface area contributed by atoms with Crippen LogP contribution in [0.5, 0.6) is 0 Å². The quantitative estimate of drug-likeness (QED) is 0.361. The molecule has 1 amide bonds. The number of carbonyl (C=O) groups excluding carboxylic acids is 1. The van der Waals surface area contributed by atoms with E-state index in [2.05, 4.69) is 9.84 Å². The zero-order valence-electron chi connectivity index (χ0n) is 9.09. The fourth-order valence-electron chi connectivity index (χ4n) is 1.39. The Labute approximate surface area is 102 Å². The molecule has 1 rings (SSSR count). The second kappa shape index (κ2) is 6.04. The predicted molar refractivity (Wildman–Crippen MR) is 51.4 cm³/mol. The van der Waals surface area contributed by atoms with E-state index in [1.54, 1.807) is 0 Å². The van der Waals surface area contributed by atoms with Gasteiger partial charge in [-0.3, -0.25) is 4.79 Å². The highest BCUT2D eigenvalue weighted by molar-refractivity contribution is 7.43. The predicted octanol–water partition coefficient (Wildman–Crippen LogP) is -4.65. The molecular weight excluding hydrogens is 271 g/mol. The first-order chi connectivity index (χ1) is 8.24. The molecule has 106 valence electrons. The Balaban J connectivity index is 2.53. The molecule has 18 heavy (non-hydrogen) atoms. The Kier molecular flexibility index (Phi) is 5.20. The Hall–Kier alpha value is -0.580. The zero-order valence-corrected chi connectivity index (χ0v) is 9.99. The summed E-state index contributed by atoms with van der Waals surface area (Å²) in [4.78, 5) is 31.5. The van der Waals surface area contributed by atoms with Gasteiger partial charge in [-0.1, -0.05) is 0 Å². The first kappa shape index (κ1) is 15.5. The van der Waals surface area contributed by atoms with Gasteiger partial charge in [-0.25, -0.2) is 0 Å². The van der Waals surface area contributed by atoms with Gasteiger partial charge in [0.1, 0.15) is 18.3 Å². The number of phosphoric ester groups is 1. The van der Waals surface area contributed by atoms with E-state index in [1.165, 1.54) is 0 Å². The lowest BCUT2D eigenvalue weighted by molar-refractivity contribution is -0.343. The van der Waals surface area contributed by atoms with Crippen LogP contribution in [0, 0.1) is 0 Å². The first-order valence-electron chi connectivity index (χ1n) is 4.92. The third-order valence-electron chi connectivity index (χ3n) is 2.25. The van der Waals surface area contributed by atoms with Crippen LogP contribution in [-0.4, -0.2) is 53.8 Å². The van der Waals surface area contributed by atoms with Crippen LogP contribution in [0.1, 0.15) is 0 Å². The number of hydrogen-bond donors (Lipinski definition) is 4. The molecule has 4 atom stereocenters. The summed E-state index contributed by atoms with van der Waals surface area (Å²) >= 11 is 0. The molecule has 0 radical (unpaired) electrons. The second-order valence-corrected chi connectivity index (χ2v) is 4.74. The average molecular weight is 284 g/mol. The molecule has 10 nitrogen and oxygen atoms in total. The van der Waals surface area contributed by atoms with Crippen molar-refractivity contribution >= 4 is 13.7 Å². The Morgan fingerprint density at radius 3 is 2.56 bits per heavy atom. The standard InChI is InChI=1S/C7H15N2O8P/c8-1-4(10)9-7-6(12)5(11)3(17-7)2-16-18(13,14)15/h3,5-7,11-12H,1-2,8H2,(H,9,10)(H2,13,14,15)/p-2/t3-,5-,6-,7-/m1/s1. The number of phosphoric acid groups is 1. The number of nitrogens with two attached hydrogens (primary N) is 1. The molecule has 0 aromatic carbocycles. The lowest BCUT2D eigenvalue weighted by atomic mass is 10.1. The molecule has 1 fully saturated rings. The largest absolute Gasteiger partial charge is 0.790 e. The van der Waals surface area contributed by atoms with Crippen molar-refractivity contribution in [2.75, 3.05) is 13.2 Å². The Morgan fingerprint density at radius 1 is 1.44 bits per heavy atom. The maximum absolute atomic E-state index is 11.0. The van der Waals surface area contributed by atoms with Crippen LogP contribution in [0.15, 0.2) is 0 Å². The molecule has 11 heteroatoms. The third-order valence-corrected chi connectivity index (χ3v) is 2.71. The fourth-order valence-corrected chi connectivity index (χ4v) is 1.72. The van der Waals surface area contributed by atoms with Crippen LogP contribution >= 0.6 is 7.82 Å². The number of aliphatic hydroxyl groups is 2. The molecule has 0 bridgehead atoms. The molecule has 5 N–H and O–H groups in total. The molecule has 1 heterocycles. The van der Waals surface area contributed by atoms with Crippen LogP contribution in [0.4, 0.5) is 0 Å². The lowest BCUT2D eigenvalue weighted by Crippen LogP contribution is -2.45. The summed E-state index contributed by atoms with van der Waals surface area (Å²) in [5, 5.41) is 21.1. The van der Waals surface area contributed by atoms with E-state index < -0.39 is 44.9 Å². The van der Waals surface area contributed by atoms with Crippen molar-refractivity contribution in [2.24, 2.45) is 5.73 Å². The van der Waals surface area contributed by atoms with Crippen LogP contribution < -0.4 is 20.8 Å². The molecule has 0 aromatic heterocycles. The van der Waals surface area contributed by atoms with Gasteiger partial charge in [0.25, 0.3) is 0 Å². The molecule has 0 spiro atoms. The van der Waals surface area contributed by atoms with E-state index in [4.69, 9.17) is 10.5 Å². The number of carbonyl (C=O) groups is 1. The smallest absolute Gasteiger partial charge is 0.235 e. The van der Waals surface area contributed by atoms with Crippen molar-refractivity contribution in [2.45, 2.75) is 24.5 Å². The van der Waals surface area contributed by atoms with Crippen LogP contribution in [0.2, 0.25) is 0 Å². The Bertz CT molecular complexity index is 346. The van der Waals surface area contributed by atoms with Crippen LogP contribution in [0.25, 0.3) is 0 Å². The van der Waals surface area contributed by atoms with Crippen molar-refractivity contribution in [3.63, 3.8) is 0 Å². The van der Waals surface area contributed by atoms with Gasteiger partial charge in [0.05, 0.1) is 21.0 Å². The molecule has 0 unspecified atom stereocenters. The third kappa shape index (κ3) is 4.26. The van der Waals surface area contributed by atoms with Crippen molar-refractivity contribution in [3.8, 4) is 0 Å².